The van der Waals surface area contributed by atoms with Gasteiger partial charge in [0.25, 0.3) is 0 Å². The molecule has 1 saturated heterocycles. The van der Waals surface area contributed by atoms with E-state index in [0.29, 0.717) is 6.54 Å². The van der Waals surface area contributed by atoms with Crippen LogP contribution in [-0.2, 0) is 14.8 Å². The Morgan fingerprint density at radius 3 is 2.32 bits per heavy atom. The maximum atomic E-state index is 12.4. The Morgan fingerprint density at radius 2 is 1.84 bits per heavy atom. The molecule has 0 bridgehead atoms. The maximum absolute atomic E-state index is 12.4. The quantitative estimate of drug-likeness (QED) is 0.819. The number of carbonyl (C=O) groups excluding carboxylic acids is 1. The van der Waals surface area contributed by atoms with Crippen molar-refractivity contribution in [3.05, 3.63) is 29.8 Å². The van der Waals surface area contributed by atoms with Crippen molar-refractivity contribution in [3.63, 3.8) is 0 Å². The third-order valence-corrected chi connectivity index (χ3v) is 5.19. The highest BCUT2D eigenvalue weighted by Gasteiger charge is 2.36. The van der Waals surface area contributed by atoms with E-state index in [1.807, 2.05) is 13.8 Å². The molecule has 6 heteroatoms. The molecule has 0 unspecified atom stereocenters. The highest BCUT2D eigenvalue weighted by Crippen LogP contribution is 2.22. The maximum Gasteiger partial charge on any atom is 0.244 e. The highest BCUT2D eigenvalue weighted by atomic mass is 32.2. The second kappa shape index (κ2) is 4.94. The van der Waals surface area contributed by atoms with Gasteiger partial charge in [0, 0.05) is 19.5 Å². The lowest BCUT2D eigenvalue weighted by Gasteiger charge is -2.18. The first-order valence-electron chi connectivity index (χ1n) is 6.16. The van der Waals surface area contributed by atoms with Gasteiger partial charge in [0.05, 0.1) is 11.6 Å². The number of hydrogen-bond acceptors (Lipinski definition) is 3. The predicted molar refractivity (Wildman–Crippen MR) is 71.9 cm³/mol. The smallest absolute Gasteiger partial charge is 0.244 e. The van der Waals surface area contributed by atoms with Crippen LogP contribution in [-0.4, -0.2) is 42.8 Å². The van der Waals surface area contributed by atoms with E-state index in [9.17, 15) is 13.2 Å². The molecule has 1 aromatic carbocycles. The Hall–Kier alpha value is -1.40. The van der Waals surface area contributed by atoms with Gasteiger partial charge < -0.3 is 4.90 Å². The van der Waals surface area contributed by atoms with Crippen LogP contribution >= 0.6 is 0 Å². The van der Waals surface area contributed by atoms with E-state index < -0.39 is 10.0 Å². The van der Waals surface area contributed by atoms with Gasteiger partial charge in [-0.1, -0.05) is 17.7 Å². The van der Waals surface area contributed by atoms with Gasteiger partial charge in [-0.25, -0.2) is 8.42 Å². The topological polar surface area (TPSA) is 57.7 Å². The van der Waals surface area contributed by atoms with Crippen LogP contribution in [0.1, 0.15) is 19.4 Å². The van der Waals surface area contributed by atoms with E-state index in [1.54, 1.807) is 29.2 Å². The van der Waals surface area contributed by atoms with E-state index in [2.05, 4.69) is 0 Å². The first-order valence-corrected chi connectivity index (χ1v) is 7.60. The molecule has 0 radical (unpaired) electrons. The van der Waals surface area contributed by atoms with E-state index in [1.165, 1.54) is 11.2 Å². The molecule has 1 aliphatic heterocycles. The van der Waals surface area contributed by atoms with Crippen LogP contribution in [0.15, 0.2) is 29.2 Å². The summed E-state index contributed by atoms with van der Waals surface area (Å²) in [5.41, 5.74) is 1.01. The van der Waals surface area contributed by atoms with Crippen LogP contribution < -0.4 is 0 Å². The summed E-state index contributed by atoms with van der Waals surface area (Å²) in [6, 6.07) is 6.67. The molecule has 0 saturated carbocycles. The first-order chi connectivity index (χ1) is 8.82. The minimum atomic E-state index is -3.52. The summed E-state index contributed by atoms with van der Waals surface area (Å²) in [5, 5.41) is 0. The number of nitrogens with zero attached hydrogens (tertiary/aromatic N) is 2. The predicted octanol–water partition coefficient (Wildman–Crippen LogP) is 1.19. The molecule has 1 amide bonds. The molecule has 0 N–H and O–H groups in total. The summed E-state index contributed by atoms with van der Waals surface area (Å²) in [7, 11) is -3.52. The summed E-state index contributed by atoms with van der Waals surface area (Å²) in [6.45, 7) is 5.69. The van der Waals surface area contributed by atoms with E-state index in [4.69, 9.17) is 0 Å². The van der Waals surface area contributed by atoms with Crippen molar-refractivity contribution in [3.8, 4) is 0 Å². The average molecular weight is 282 g/mol. The zero-order valence-electron chi connectivity index (χ0n) is 11.3. The van der Waals surface area contributed by atoms with Gasteiger partial charge in [0.2, 0.25) is 15.9 Å². The zero-order valence-corrected chi connectivity index (χ0v) is 12.1. The van der Waals surface area contributed by atoms with Crippen molar-refractivity contribution >= 4 is 15.9 Å². The number of aryl methyl sites for hydroxylation is 1. The van der Waals surface area contributed by atoms with Crippen molar-refractivity contribution in [1.82, 2.24) is 9.21 Å². The summed E-state index contributed by atoms with van der Waals surface area (Å²) in [4.78, 5) is 13.2. The van der Waals surface area contributed by atoms with Gasteiger partial charge >= 0.3 is 0 Å². The molecule has 1 aliphatic rings. The molecule has 1 fully saturated rings. The third-order valence-electron chi connectivity index (χ3n) is 3.37. The minimum Gasteiger partial charge on any atom is -0.325 e. The van der Waals surface area contributed by atoms with Crippen LogP contribution in [0.5, 0.6) is 0 Å². The second-order valence-corrected chi connectivity index (χ2v) is 6.87. The number of rotatable bonds is 2. The molecule has 1 atom stereocenters. The van der Waals surface area contributed by atoms with Crippen LogP contribution in [0.2, 0.25) is 0 Å². The monoisotopic (exact) mass is 282 g/mol. The molecule has 0 spiro atoms. The Balaban J connectivity index is 2.27. The minimum absolute atomic E-state index is 0.0854. The second-order valence-electron chi connectivity index (χ2n) is 4.93. The number of hydrogen-bond donors (Lipinski definition) is 0. The van der Waals surface area contributed by atoms with Crippen molar-refractivity contribution in [2.45, 2.75) is 31.7 Å². The molecular formula is C13H18N2O3S. The summed E-state index contributed by atoms with van der Waals surface area (Å²) in [6.07, 6.45) is 0. The lowest BCUT2D eigenvalue weighted by molar-refractivity contribution is -0.129. The Labute approximate surface area is 113 Å². The Kier molecular flexibility index (Phi) is 3.64. The van der Waals surface area contributed by atoms with E-state index >= 15 is 0 Å². The van der Waals surface area contributed by atoms with E-state index in [0.717, 1.165) is 5.56 Å². The van der Waals surface area contributed by atoms with Crippen molar-refractivity contribution in [2.24, 2.45) is 0 Å². The molecule has 0 aromatic heterocycles. The summed E-state index contributed by atoms with van der Waals surface area (Å²) in [5.74, 6) is -0.103. The number of amides is 1. The lowest BCUT2D eigenvalue weighted by atomic mass is 10.2. The van der Waals surface area contributed by atoms with Gasteiger partial charge in [-0.2, -0.15) is 4.31 Å². The van der Waals surface area contributed by atoms with Crippen LogP contribution in [0.4, 0.5) is 0 Å². The van der Waals surface area contributed by atoms with Crippen molar-refractivity contribution < 1.29 is 13.2 Å². The SMILES string of the molecule is CC(=O)N1CN(S(=O)(=O)c2ccc(C)cc2)C[C@@H]1C. The van der Waals surface area contributed by atoms with Gasteiger partial charge in [0.1, 0.15) is 0 Å². The Bertz CT molecular complexity index is 580. The van der Waals surface area contributed by atoms with Crippen LogP contribution in [0, 0.1) is 6.92 Å². The highest BCUT2D eigenvalue weighted by molar-refractivity contribution is 7.89. The standard InChI is InChI=1S/C13H18N2O3S/c1-10-4-6-13(7-5-10)19(17,18)14-8-11(2)15(9-14)12(3)16/h4-7,11H,8-9H2,1-3H3/t11-/m0/s1. The molecular weight excluding hydrogens is 264 g/mol. The average Bonchev–Trinajstić information content (AvgIpc) is 2.72. The number of carbonyl (C=O) groups is 1. The van der Waals surface area contributed by atoms with Crippen molar-refractivity contribution in [2.75, 3.05) is 13.2 Å². The zero-order chi connectivity index (χ0) is 14.2. The molecule has 19 heavy (non-hydrogen) atoms. The van der Waals surface area contributed by atoms with Gasteiger partial charge in [-0.3, -0.25) is 4.79 Å². The number of sulfonamides is 1. The lowest BCUT2D eigenvalue weighted by Crippen LogP contribution is -2.34. The van der Waals surface area contributed by atoms with Gasteiger partial charge in [-0.05, 0) is 26.0 Å². The fourth-order valence-corrected chi connectivity index (χ4v) is 3.67. The molecule has 1 aromatic rings. The normalized spacial score (nSPS) is 20.8. The van der Waals surface area contributed by atoms with E-state index in [-0.39, 0.29) is 23.5 Å². The largest absolute Gasteiger partial charge is 0.325 e. The fourth-order valence-electron chi connectivity index (χ4n) is 2.20. The van der Waals surface area contributed by atoms with Crippen LogP contribution in [0.3, 0.4) is 0 Å². The molecule has 0 aliphatic carbocycles. The summed E-state index contributed by atoms with van der Waals surface area (Å²) >= 11 is 0. The molecule has 5 nitrogen and oxygen atoms in total. The molecule has 2 rings (SSSR count). The van der Waals surface area contributed by atoms with Gasteiger partial charge in [-0.15, -0.1) is 0 Å². The van der Waals surface area contributed by atoms with Crippen LogP contribution in [0.25, 0.3) is 0 Å². The molecule has 1 heterocycles. The Morgan fingerprint density at radius 1 is 1.26 bits per heavy atom. The summed E-state index contributed by atoms with van der Waals surface area (Å²) < 4.78 is 26.2. The first kappa shape index (κ1) is 14.0. The van der Waals surface area contributed by atoms with Gasteiger partial charge in [0.15, 0.2) is 0 Å². The van der Waals surface area contributed by atoms with Crippen molar-refractivity contribution in [1.29, 1.82) is 0 Å². The molecule has 104 valence electrons. The third kappa shape index (κ3) is 2.64. The number of benzene rings is 1. The fraction of sp³-hybridized carbons (Fsp3) is 0.462.